The van der Waals surface area contributed by atoms with Gasteiger partial charge in [-0.25, -0.2) is 9.50 Å². The van der Waals surface area contributed by atoms with E-state index in [0.29, 0.717) is 29.9 Å². The summed E-state index contributed by atoms with van der Waals surface area (Å²) in [6, 6.07) is 1.61. The van der Waals surface area contributed by atoms with Crippen molar-refractivity contribution in [2.75, 3.05) is 25.1 Å². The number of likely N-dealkylation sites (tertiary alicyclic amines) is 1. The summed E-state index contributed by atoms with van der Waals surface area (Å²) in [5.74, 6) is -1.48. The lowest BCUT2D eigenvalue weighted by Crippen LogP contribution is -2.36. The highest BCUT2D eigenvalue weighted by Gasteiger charge is 2.54. The Morgan fingerprint density at radius 2 is 2.09 bits per heavy atom. The van der Waals surface area contributed by atoms with Gasteiger partial charge in [0.15, 0.2) is 5.65 Å². The standard InChI is InChI=1S/C21H22FN9O2/c1-29-7-13(5-25-29)16-10-31-19(28-16)17(14(6-26-31)18(24)32)27-15-9-30(8-12(15)4-22)20(33)21(11-23)2-3-21/h5-7,10,12,15,27H,2-4,8-9H2,1H3,(H2,24,32)/t12-,15-/m1/s1. The topological polar surface area (TPSA) is 147 Å². The van der Waals surface area contributed by atoms with Gasteiger partial charge in [-0.1, -0.05) is 0 Å². The minimum absolute atomic E-state index is 0.115. The van der Waals surface area contributed by atoms with Crippen LogP contribution in [-0.2, 0) is 11.8 Å². The average molecular weight is 451 g/mol. The smallest absolute Gasteiger partial charge is 0.252 e. The van der Waals surface area contributed by atoms with E-state index in [1.54, 1.807) is 30.3 Å². The number of hydrogen-bond donors (Lipinski definition) is 2. The number of aromatic nitrogens is 5. The molecule has 0 spiro atoms. The minimum atomic E-state index is -0.972. The number of halogens is 1. The van der Waals surface area contributed by atoms with Crippen LogP contribution in [0.4, 0.5) is 10.1 Å². The molecule has 1 saturated heterocycles. The third-order valence-corrected chi connectivity index (χ3v) is 6.39. The predicted molar refractivity (Wildman–Crippen MR) is 114 cm³/mol. The summed E-state index contributed by atoms with van der Waals surface area (Å²) in [5, 5.41) is 21.0. The van der Waals surface area contributed by atoms with Crippen molar-refractivity contribution in [1.82, 2.24) is 29.3 Å². The van der Waals surface area contributed by atoms with Crippen LogP contribution < -0.4 is 11.1 Å². The predicted octanol–water partition coefficient (Wildman–Crippen LogP) is 0.741. The van der Waals surface area contributed by atoms with E-state index in [9.17, 15) is 19.2 Å². The number of nitriles is 1. The van der Waals surface area contributed by atoms with E-state index < -0.39 is 30.0 Å². The first kappa shape index (κ1) is 20.9. The Morgan fingerprint density at radius 1 is 1.30 bits per heavy atom. The number of nitrogens with zero attached hydrogens (tertiary/aromatic N) is 7. The van der Waals surface area contributed by atoms with Crippen LogP contribution in [0.2, 0.25) is 0 Å². The van der Waals surface area contributed by atoms with Crippen LogP contribution in [0.3, 0.4) is 0 Å². The Labute approximate surface area is 188 Å². The molecule has 3 N–H and O–H groups in total. The van der Waals surface area contributed by atoms with E-state index in [-0.39, 0.29) is 24.6 Å². The number of amides is 2. The van der Waals surface area contributed by atoms with Gasteiger partial charge in [0.2, 0.25) is 5.91 Å². The molecule has 2 amide bonds. The third-order valence-electron chi connectivity index (χ3n) is 6.39. The molecule has 1 aliphatic carbocycles. The SMILES string of the molecule is Cn1cc(-c2cn3ncc(C(N)=O)c(N[C@@H]4CN(C(=O)C5(C#N)CC5)C[C@H]4CF)c3n2)cn1. The first-order valence-corrected chi connectivity index (χ1v) is 10.6. The summed E-state index contributed by atoms with van der Waals surface area (Å²) >= 11 is 0. The second-order valence-electron chi connectivity index (χ2n) is 8.66. The lowest BCUT2D eigenvalue weighted by atomic mass is 10.0. The molecule has 2 aliphatic rings. The maximum atomic E-state index is 13.9. The van der Waals surface area contributed by atoms with Gasteiger partial charge in [-0.2, -0.15) is 15.5 Å². The Balaban J connectivity index is 1.49. The van der Waals surface area contributed by atoms with Crippen LogP contribution in [0.15, 0.2) is 24.8 Å². The van der Waals surface area contributed by atoms with E-state index in [0.717, 1.165) is 5.56 Å². The highest BCUT2D eigenvalue weighted by molar-refractivity contribution is 6.01. The second kappa shape index (κ2) is 7.54. The lowest BCUT2D eigenvalue weighted by molar-refractivity contribution is -0.134. The molecular formula is C21H22FN9O2. The summed E-state index contributed by atoms with van der Waals surface area (Å²) in [4.78, 5) is 31.1. The number of nitrogens with one attached hydrogen (secondary N) is 1. The van der Waals surface area contributed by atoms with Crippen LogP contribution >= 0.6 is 0 Å². The number of carbonyl (C=O) groups is 2. The van der Waals surface area contributed by atoms with E-state index in [4.69, 9.17) is 5.73 Å². The number of imidazole rings is 1. The second-order valence-corrected chi connectivity index (χ2v) is 8.66. The monoisotopic (exact) mass is 451 g/mol. The number of alkyl halides is 1. The largest absolute Gasteiger partial charge is 0.376 e. The summed E-state index contributed by atoms with van der Waals surface area (Å²) in [6.07, 6.45) is 7.55. The van der Waals surface area contributed by atoms with Gasteiger partial charge in [-0.3, -0.25) is 18.7 Å². The van der Waals surface area contributed by atoms with Crippen molar-refractivity contribution < 1.29 is 14.0 Å². The van der Waals surface area contributed by atoms with Crippen LogP contribution in [0.5, 0.6) is 0 Å². The van der Waals surface area contributed by atoms with Crippen molar-refractivity contribution in [2.45, 2.75) is 18.9 Å². The number of fused-ring (bicyclic) bond motifs is 1. The van der Waals surface area contributed by atoms with Crippen molar-refractivity contribution in [3.05, 3.63) is 30.4 Å². The quantitative estimate of drug-likeness (QED) is 0.562. The van der Waals surface area contributed by atoms with Crippen molar-refractivity contribution in [1.29, 1.82) is 5.26 Å². The summed E-state index contributed by atoms with van der Waals surface area (Å²) < 4.78 is 17.1. The molecule has 33 heavy (non-hydrogen) atoms. The zero-order valence-corrected chi connectivity index (χ0v) is 17.9. The number of aryl methyl sites for hydroxylation is 1. The molecule has 0 aromatic carbocycles. The van der Waals surface area contributed by atoms with Crippen LogP contribution in [0.1, 0.15) is 23.2 Å². The maximum Gasteiger partial charge on any atom is 0.252 e. The molecule has 0 bridgehead atoms. The van der Waals surface area contributed by atoms with Crippen molar-refractivity contribution in [2.24, 2.45) is 24.1 Å². The summed E-state index contributed by atoms with van der Waals surface area (Å²) in [5.41, 5.74) is 6.76. The van der Waals surface area contributed by atoms with Gasteiger partial charge in [0.25, 0.3) is 5.91 Å². The Bertz CT molecular complexity index is 1300. The van der Waals surface area contributed by atoms with Crippen LogP contribution in [0, 0.1) is 22.7 Å². The normalized spacial score (nSPS) is 21.2. The number of carbonyl (C=O) groups excluding carboxylic acids is 2. The number of anilines is 1. The van der Waals surface area contributed by atoms with Gasteiger partial charge < -0.3 is 16.0 Å². The Kier molecular flexibility index (Phi) is 4.77. The van der Waals surface area contributed by atoms with Gasteiger partial charge in [-0.05, 0) is 12.8 Å². The van der Waals surface area contributed by atoms with Gasteiger partial charge in [0.05, 0.1) is 54.3 Å². The summed E-state index contributed by atoms with van der Waals surface area (Å²) in [6.45, 7) is -0.261. The van der Waals surface area contributed by atoms with Gasteiger partial charge in [0.1, 0.15) is 5.41 Å². The molecule has 1 aliphatic heterocycles. The van der Waals surface area contributed by atoms with E-state index in [1.165, 1.54) is 15.6 Å². The van der Waals surface area contributed by atoms with Gasteiger partial charge >= 0.3 is 0 Å². The first-order chi connectivity index (χ1) is 15.8. The van der Waals surface area contributed by atoms with E-state index in [2.05, 4.69) is 26.6 Å². The molecule has 11 nitrogen and oxygen atoms in total. The Hall–Kier alpha value is -4.01. The number of nitrogens with two attached hydrogens (primary N) is 1. The highest BCUT2D eigenvalue weighted by atomic mass is 19.1. The molecule has 12 heteroatoms. The van der Waals surface area contributed by atoms with Crippen molar-refractivity contribution >= 4 is 23.1 Å². The highest BCUT2D eigenvalue weighted by Crippen LogP contribution is 2.47. The average Bonchev–Trinajstić information content (AvgIpc) is 3.11. The first-order valence-electron chi connectivity index (χ1n) is 10.6. The fourth-order valence-electron chi connectivity index (χ4n) is 4.30. The molecule has 3 aromatic heterocycles. The lowest BCUT2D eigenvalue weighted by Gasteiger charge is -2.21. The molecular weight excluding hydrogens is 429 g/mol. The summed E-state index contributed by atoms with van der Waals surface area (Å²) in [7, 11) is 1.79. The number of hydrogen-bond acceptors (Lipinski definition) is 7. The molecule has 4 heterocycles. The van der Waals surface area contributed by atoms with Crippen molar-refractivity contribution in [3.8, 4) is 17.3 Å². The molecule has 3 aromatic rings. The zero-order chi connectivity index (χ0) is 23.3. The molecule has 1 saturated carbocycles. The zero-order valence-electron chi connectivity index (χ0n) is 17.9. The maximum absolute atomic E-state index is 13.9. The minimum Gasteiger partial charge on any atom is -0.376 e. The number of primary amides is 1. The molecule has 2 atom stereocenters. The molecule has 5 rings (SSSR count). The number of rotatable bonds is 6. The molecule has 2 fully saturated rings. The van der Waals surface area contributed by atoms with Crippen molar-refractivity contribution in [3.63, 3.8) is 0 Å². The van der Waals surface area contributed by atoms with Gasteiger partial charge in [0, 0.05) is 37.8 Å². The molecule has 0 unspecified atom stereocenters. The third kappa shape index (κ3) is 3.45. The Morgan fingerprint density at radius 3 is 2.70 bits per heavy atom. The van der Waals surface area contributed by atoms with E-state index >= 15 is 0 Å². The molecule has 0 radical (unpaired) electrons. The fourth-order valence-corrected chi connectivity index (χ4v) is 4.30. The molecule has 170 valence electrons. The van der Waals surface area contributed by atoms with E-state index in [1.807, 2.05) is 0 Å². The van der Waals surface area contributed by atoms with Crippen LogP contribution in [-0.4, -0.2) is 66.9 Å². The van der Waals surface area contributed by atoms with Gasteiger partial charge in [-0.15, -0.1) is 0 Å². The van der Waals surface area contributed by atoms with Crippen LogP contribution in [0.25, 0.3) is 16.9 Å². The fraction of sp³-hybridized carbons (Fsp3) is 0.429.